The van der Waals surface area contributed by atoms with E-state index >= 15 is 0 Å². The number of nitrogens with zero attached hydrogens (tertiary/aromatic N) is 1. The lowest BCUT2D eigenvalue weighted by atomic mass is 10.2. The Kier molecular flexibility index (Phi) is 5.36. The Hall–Kier alpha value is -0.910. The highest BCUT2D eigenvalue weighted by molar-refractivity contribution is 7.12. The largest absolute Gasteiger partial charge is 0.465 e. The summed E-state index contributed by atoms with van der Waals surface area (Å²) in [7, 11) is 0. The van der Waals surface area contributed by atoms with Crippen LogP contribution in [0.4, 0.5) is 0 Å². The summed E-state index contributed by atoms with van der Waals surface area (Å²) in [5.74, 6) is -0.117. The van der Waals surface area contributed by atoms with Crippen LogP contribution in [0.25, 0.3) is 0 Å². The van der Waals surface area contributed by atoms with Crippen molar-refractivity contribution in [3.63, 3.8) is 0 Å². The summed E-state index contributed by atoms with van der Waals surface area (Å²) in [6, 6.07) is 3.97. The van der Waals surface area contributed by atoms with Gasteiger partial charge in [0.2, 0.25) is 0 Å². The second-order valence-corrected chi connectivity index (χ2v) is 5.80. The van der Waals surface area contributed by atoms with E-state index in [9.17, 15) is 4.79 Å². The van der Waals surface area contributed by atoms with Crippen LogP contribution in [0.15, 0.2) is 12.1 Å². The van der Waals surface area contributed by atoms with Crippen molar-refractivity contribution in [1.82, 2.24) is 10.2 Å². The van der Waals surface area contributed by atoms with Gasteiger partial charge < -0.3 is 10.1 Å². The number of thiophene rings is 1. The van der Waals surface area contributed by atoms with E-state index in [4.69, 9.17) is 4.74 Å². The quantitative estimate of drug-likeness (QED) is 0.837. The summed E-state index contributed by atoms with van der Waals surface area (Å²) in [4.78, 5) is 16.9. The average Bonchev–Trinajstić information content (AvgIpc) is 2.89. The number of rotatable bonds is 5. The third kappa shape index (κ3) is 3.55. The van der Waals surface area contributed by atoms with E-state index in [1.807, 2.05) is 6.92 Å². The molecular formula is C14H22N2O2S. The van der Waals surface area contributed by atoms with Crippen molar-refractivity contribution in [1.29, 1.82) is 0 Å². The van der Waals surface area contributed by atoms with Crippen molar-refractivity contribution >= 4 is 17.3 Å². The molecule has 0 bridgehead atoms. The number of nitrogens with one attached hydrogen (secondary N) is 1. The summed E-state index contributed by atoms with van der Waals surface area (Å²) in [6.45, 7) is 8.08. The van der Waals surface area contributed by atoms with Crippen molar-refractivity contribution in [2.24, 2.45) is 0 Å². The topological polar surface area (TPSA) is 41.6 Å². The summed E-state index contributed by atoms with van der Waals surface area (Å²) >= 11 is 1.73. The minimum atomic E-state index is -0.229. The van der Waals surface area contributed by atoms with Crippen LogP contribution in [0.1, 0.15) is 29.6 Å². The second kappa shape index (κ2) is 7.03. The maximum atomic E-state index is 12.3. The van der Waals surface area contributed by atoms with E-state index in [2.05, 4.69) is 29.3 Å². The van der Waals surface area contributed by atoms with Crippen LogP contribution in [0.2, 0.25) is 0 Å². The first-order chi connectivity index (χ1) is 9.26. The van der Waals surface area contributed by atoms with E-state index in [0.717, 1.165) is 37.5 Å². The zero-order chi connectivity index (χ0) is 13.7. The number of carbonyl (C=O) groups excluding carboxylic acids is 1. The van der Waals surface area contributed by atoms with E-state index in [0.29, 0.717) is 6.61 Å². The number of hydrogen-bond donors (Lipinski definition) is 1. The Balaban J connectivity index is 2.19. The number of aryl methyl sites for hydroxylation is 1. The number of ether oxygens (including phenoxy) is 1. The Morgan fingerprint density at radius 1 is 1.42 bits per heavy atom. The molecular weight excluding hydrogens is 260 g/mol. The number of esters is 1. The summed E-state index contributed by atoms with van der Waals surface area (Å²) < 4.78 is 5.26. The summed E-state index contributed by atoms with van der Waals surface area (Å²) in [5, 5.41) is 3.32. The predicted octanol–water partition coefficient (Wildman–Crippen LogP) is 1.82. The lowest BCUT2D eigenvalue weighted by Crippen LogP contribution is -2.47. The lowest BCUT2D eigenvalue weighted by molar-refractivity contribution is -0.150. The van der Waals surface area contributed by atoms with Crippen LogP contribution in [0.5, 0.6) is 0 Å². The molecule has 106 valence electrons. The number of hydrogen-bond acceptors (Lipinski definition) is 5. The molecule has 1 aliphatic rings. The fraction of sp³-hybridized carbons (Fsp3) is 0.643. The van der Waals surface area contributed by atoms with Gasteiger partial charge in [-0.15, -0.1) is 11.3 Å². The first kappa shape index (κ1) is 14.5. The van der Waals surface area contributed by atoms with Crippen molar-refractivity contribution in [2.75, 3.05) is 32.8 Å². The van der Waals surface area contributed by atoms with Crippen molar-refractivity contribution < 1.29 is 9.53 Å². The zero-order valence-electron chi connectivity index (χ0n) is 11.6. The van der Waals surface area contributed by atoms with Gasteiger partial charge in [-0.25, -0.2) is 4.79 Å². The molecule has 2 heterocycles. The zero-order valence-corrected chi connectivity index (χ0v) is 12.5. The highest BCUT2D eigenvalue weighted by Gasteiger charge is 2.31. The van der Waals surface area contributed by atoms with Gasteiger partial charge in [-0.2, -0.15) is 0 Å². The van der Waals surface area contributed by atoms with Crippen LogP contribution < -0.4 is 5.32 Å². The maximum Gasteiger partial charge on any atom is 0.328 e. The molecule has 1 aliphatic heterocycles. The molecule has 1 saturated heterocycles. The second-order valence-electron chi connectivity index (χ2n) is 4.60. The molecule has 2 rings (SSSR count). The monoisotopic (exact) mass is 282 g/mol. The van der Waals surface area contributed by atoms with E-state index < -0.39 is 0 Å². The van der Waals surface area contributed by atoms with E-state index in [1.165, 1.54) is 4.88 Å². The molecule has 1 atom stereocenters. The minimum absolute atomic E-state index is 0.117. The highest BCUT2D eigenvalue weighted by atomic mass is 32.1. The van der Waals surface area contributed by atoms with E-state index in [1.54, 1.807) is 11.3 Å². The molecule has 5 heteroatoms. The SMILES string of the molecule is CCOC(=O)C(c1ccc(CC)s1)N1CCNCC1. The Morgan fingerprint density at radius 2 is 2.16 bits per heavy atom. The van der Waals surface area contributed by atoms with Gasteiger partial charge in [0.05, 0.1) is 6.61 Å². The summed E-state index contributed by atoms with van der Waals surface area (Å²) in [6.07, 6.45) is 1.02. The van der Waals surface area contributed by atoms with Crippen LogP contribution in [-0.4, -0.2) is 43.7 Å². The highest BCUT2D eigenvalue weighted by Crippen LogP contribution is 2.29. The van der Waals surface area contributed by atoms with Crippen LogP contribution in [0, 0.1) is 0 Å². The molecule has 1 fully saturated rings. The number of piperazine rings is 1. The van der Waals surface area contributed by atoms with Gasteiger partial charge >= 0.3 is 5.97 Å². The molecule has 0 radical (unpaired) electrons. The maximum absolute atomic E-state index is 12.3. The van der Waals surface area contributed by atoms with Gasteiger partial charge in [0.25, 0.3) is 0 Å². The van der Waals surface area contributed by atoms with Crippen LogP contribution in [0.3, 0.4) is 0 Å². The van der Waals surface area contributed by atoms with Crippen molar-refractivity contribution in [2.45, 2.75) is 26.3 Å². The molecule has 1 N–H and O–H groups in total. The Labute approximate surface area is 118 Å². The predicted molar refractivity (Wildman–Crippen MR) is 77.5 cm³/mol. The van der Waals surface area contributed by atoms with Gasteiger partial charge in [0, 0.05) is 35.9 Å². The Morgan fingerprint density at radius 3 is 2.74 bits per heavy atom. The molecule has 0 aromatic carbocycles. The average molecular weight is 282 g/mol. The third-order valence-corrected chi connectivity index (χ3v) is 4.61. The normalized spacial score (nSPS) is 18.2. The minimum Gasteiger partial charge on any atom is -0.465 e. The van der Waals surface area contributed by atoms with Gasteiger partial charge in [-0.3, -0.25) is 4.90 Å². The van der Waals surface area contributed by atoms with Crippen molar-refractivity contribution in [3.05, 3.63) is 21.9 Å². The molecule has 1 aromatic rings. The van der Waals surface area contributed by atoms with Gasteiger partial charge in [0.15, 0.2) is 0 Å². The molecule has 0 saturated carbocycles. The van der Waals surface area contributed by atoms with Crippen LogP contribution >= 0.6 is 11.3 Å². The molecule has 0 amide bonds. The van der Waals surface area contributed by atoms with E-state index in [-0.39, 0.29) is 12.0 Å². The third-order valence-electron chi connectivity index (χ3n) is 3.33. The molecule has 4 nitrogen and oxygen atoms in total. The fourth-order valence-corrected chi connectivity index (χ4v) is 3.41. The fourth-order valence-electron chi connectivity index (χ4n) is 2.34. The molecule has 0 spiro atoms. The smallest absolute Gasteiger partial charge is 0.328 e. The van der Waals surface area contributed by atoms with Crippen LogP contribution in [-0.2, 0) is 16.0 Å². The first-order valence-corrected chi connectivity index (χ1v) is 7.78. The van der Waals surface area contributed by atoms with Gasteiger partial charge in [-0.05, 0) is 25.5 Å². The summed E-state index contributed by atoms with van der Waals surface area (Å²) in [5.41, 5.74) is 0. The molecule has 1 aromatic heterocycles. The molecule has 1 unspecified atom stereocenters. The Bertz CT molecular complexity index is 413. The van der Waals surface area contributed by atoms with Crippen molar-refractivity contribution in [3.8, 4) is 0 Å². The van der Waals surface area contributed by atoms with Gasteiger partial charge in [0.1, 0.15) is 6.04 Å². The molecule has 19 heavy (non-hydrogen) atoms. The first-order valence-electron chi connectivity index (χ1n) is 6.96. The van der Waals surface area contributed by atoms with Gasteiger partial charge in [-0.1, -0.05) is 6.92 Å². The number of carbonyl (C=O) groups is 1. The lowest BCUT2D eigenvalue weighted by Gasteiger charge is -2.32. The standard InChI is InChI=1S/C14H22N2O2S/c1-3-11-5-6-12(19-11)13(14(17)18-4-2)16-9-7-15-8-10-16/h5-6,13,15H,3-4,7-10H2,1-2H3. The molecule has 0 aliphatic carbocycles.